The molecule has 0 aliphatic carbocycles. The van der Waals surface area contributed by atoms with E-state index in [1.54, 1.807) is 0 Å². The van der Waals surface area contributed by atoms with Gasteiger partial charge in [0.2, 0.25) is 0 Å². The molecule has 0 saturated carbocycles. The van der Waals surface area contributed by atoms with Crippen LogP contribution in [0, 0.1) is 6.92 Å². The zero-order valence-corrected chi connectivity index (χ0v) is 8.09. The van der Waals surface area contributed by atoms with Gasteiger partial charge in [0, 0.05) is 17.8 Å². The maximum atomic E-state index is 4.47. The second-order valence-corrected chi connectivity index (χ2v) is 3.78. The maximum absolute atomic E-state index is 4.47. The van der Waals surface area contributed by atoms with Crippen LogP contribution >= 0.6 is 0 Å². The smallest absolute Gasteiger partial charge is 0.0435 e. The van der Waals surface area contributed by atoms with Gasteiger partial charge in [-0.2, -0.15) is 0 Å². The minimum absolute atomic E-state index is 0.682. The lowest BCUT2D eigenvalue weighted by molar-refractivity contribution is 0.453. The molecule has 0 unspecified atom stereocenters. The Balaban J connectivity index is 2.10. The van der Waals surface area contributed by atoms with E-state index in [2.05, 4.69) is 29.4 Å². The quantitative estimate of drug-likeness (QED) is 0.706. The van der Waals surface area contributed by atoms with Gasteiger partial charge in [-0.05, 0) is 44.5 Å². The van der Waals surface area contributed by atoms with Crippen LogP contribution in [0.25, 0.3) is 0 Å². The Morgan fingerprint density at radius 2 is 2.08 bits per heavy atom. The fourth-order valence-electron chi connectivity index (χ4n) is 1.84. The first-order valence-corrected chi connectivity index (χ1v) is 4.99. The number of rotatable bonds is 1. The molecule has 0 bridgehead atoms. The third kappa shape index (κ3) is 2.07. The standard InChI is InChI=1S/C11H16N2/c1-9-2-3-11(13-8-9)10-4-6-12-7-5-10/h2-3,8,10,12H,4-7H2,1H3. The molecule has 1 N–H and O–H groups in total. The van der Waals surface area contributed by atoms with E-state index in [0.717, 1.165) is 13.1 Å². The summed E-state index contributed by atoms with van der Waals surface area (Å²) in [6, 6.07) is 4.33. The Bertz CT molecular complexity index is 260. The Hall–Kier alpha value is -0.890. The molecule has 0 aromatic carbocycles. The molecule has 1 aromatic heterocycles. The van der Waals surface area contributed by atoms with Gasteiger partial charge in [-0.25, -0.2) is 0 Å². The van der Waals surface area contributed by atoms with Crippen LogP contribution in [0.2, 0.25) is 0 Å². The van der Waals surface area contributed by atoms with Crippen molar-refractivity contribution in [1.82, 2.24) is 10.3 Å². The summed E-state index contributed by atoms with van der Waals surface area (Å²) in [7, 11) is 0. The zero-order chi connectivity index (χ0) is 9.10. The van der Waals surface area contributed by atoms with E-state index >= 15 is 0 Å². The maximum Gasteiger partial charge on any atom is 0.0435 e. The topological polar surface area (TPSA) is 24.9 Å². The molecule has 2 heterocycles. The predicted octanol–water partition coefficient (Wildman–Crippen LogP) is 1.86. The molecular formula is C11H16N2. The summed E-state index contributed by atoms with van der Waals surface area (Å²) in [5, 5.41) is 3.37. The average molecular weight is 176 g/mol. The molecule has 1 saturated heterocycles. The summed E-state index contributed by atoms with van der Waals surface area (Å²) in [6.07, 6.45) is 4.43. The van der Waals surface area contributed by atoms with Crippen LogP contribution in [-0.2, 0) is 0 Å². The van der Waals surface area contributed by atoms with E-state index in [9.17, 15) is 0 Å². The number of piperidine rings is 1. The second-order valence-electron chi connectivity index (χ2n) is 3.78. The monoisotopic (exact) mass is 176 g/mol. The molecule has 13 heavy (non-hydrogen) atoms. The predicted molar refractivity (Wildman–Crippen MR) is 53.8 cm³/mol. The van der Waals surface area contributed by atoms with Gasteiger partial charge in [-0.3, -0.25) is 4.98 Å². The highest BCUT2D eigenvalue weighted by atomic mass is 14.9. The molecule has 0 radical (unpaired) electrons. The van der Waals surface area contributed by atoms with Crippen LogP contribution in [0.5, 0.6) is 0 Å². The van der Waals surface area contributed by atoms with Crippen LogP contribution in [0.15, 0.2) is 18.3 Å². The van der Waals surface area contributed by atoms with Crippen LogP contribution < -0.4 is 5.32 Å². The van der Waals surface area contributed by atoms with E-state index in [1.807, 2.05) is 6.20 Å². The molecule has 1 fully saturated rings. The van der Waals surface area contributed by atoms with E-state index in [0.29, 0.717) is 5.92 Å². The molecule has 2 heteroatoms. The molecular weight excluding hydrogens is 160 g/mol. The first-order valence-electron chi connectivity index (χ1n) is 4.99. The molecule has 0 atom stereocenters. The van der Waals surface area contributed by atoms with Gasteiger partial charge < -0.3 is 5.32 Å². The van der Waals surface area contributed by atoms with Crippen LogP contribution in [0.4, 0.5) is 0 Å². The summed E-state index contributed by atoms with van der Waals surface area (Å²) >= 11 is 0. The molecule has 1 aliphatic rings. The average Bonchev–Trinajstić information content (AvgIpc) is 2.20. The van der Waals surface area contributed by atoms with Crippen molar-refractivity contribution >= 4 is 0 Å². The number of aryl methyl sites for hydroxylation is 1. The third-order valence-corrected chi connectivity index (χ3v) is 2.69. The highest BCUT2D eigenvalue weighted by Gasteiger charge is 2.15. The van der Waals surface area contributed by atoms with Crippen LogP contribution in [-0.4, -0.2) is 18.1 Å². The minimum atomic E-state index is 0.682. The summed E-state index contributed by atoms with van der Waals surface area (Å²) in [5.41, 5.74) is 2.52. The third-order valence-electron chi connectivity index (χ3n) is 2.69. The Labute approximate surface area is 79.4 Å². The van der Waals surface area contributed by atoms with Gasteiger partial charge in [-0.1, -0.05) is 6.07 Å². The van der Waals surface area contributed by atoms with Gasteiger partial charge in [-0.15, -0.1) is 0 Å². The lowest BCUT2D eigenvalue weighted by Gasteiger charge is -2.21. The first-order chi connectivity index (χ1) is 6.36. The fourth-order valence-corrected chi connectivity index (χ4v) is 1.84. The fraction of sp³-hybridized carbons (Fsp3) is 0.545. The summed E-state index contributed by atoms with van der Waals surface area (Å²) in [6.45, 7) is 4.36. The van der Waals surface area contributed by atoms with Crippen LogP contribution in [0.3, 0.4) is 0 Å². The largest absolute Gasteiger partial charge is 0.317 e. The SMILES string of the molecule is Cc1ccc(C2CCNCC2)nc1. The van der Waals surface area contributed by atoms with E-state index in [1.165, 1.54) is 24.1 Å². The molecule has 2 rings (SSSR count). The van der Waals surface area contributed by atoms with Crippen LogP contribution in [0.1, 0.15) is 30.0 Å². The van der Waals surface area contributed by atoms with E-state index in [-0.39, 0.29) is 0 Å². The van der Waals surface area contributed by atoms with Crippen molar-refractivity contribution in [1.29, 1.82) is 0 Å². The summed E-state index contributed by atoms with van der Waals surface area (Å²) in [5.74, 6) is 0.682. The number of nitrogens with zero attached hydrogens (tertiary/aromatic N) is 1. The minimum Gasteiger partial charge on any atom is -0.317 e. The normalized spacial score (nSPS) is 18.8. The van der Waals surface area contributed by atoms with E-state index < -0.39 is 0 Å². The van der Waals surface area contributed by atoms with Gasteiger partial charge in [0.25, 0.3) is 0 Å². The molecule has 0 spiro atoms. The molecule has 70 valence electrons. The van der Waals surface area contributed by atoms with Crippen molar-refractivity contribution in [2.24, 2.45) is 0 Å². The first kappa shape index (κ1) is 8.70. The molecule has 1 aliphatic heterocycles. The van der Waals surface area contributed by atoms with Gasteiger partial charge in [0.1, 0.15) is 0 Å². The Morgan fingerprint density at radius 3 is 2.69 bits per heavy atom. The van der Waals surface area contributed by atoms with E-state index in [4.69, 9.17) is 0 Å². The zero-order valence-electron chi connectivity index (χ0n) is 8.09. The Kier molecular flexibility index (Phi) is 2.60. The molecule has 0 amide bonds. The summed E-state index contributed by atoms with van der Waals surface area (Å²) < 4.78 is 0. The summed E-state index contributed by atoms with van der Waals surface area (Å²) in [4.78, 5) is 4.47. The van der Waals surface area contributed by atoms with Crippen molar-refractivity contribution in [3.8, 4) is 0 Å². The number of nitrogens with one attached hydrogen (secondary N) is 1. The number of hydrogen-bond acceptors (Lipinski definition) is 2. The Morgan fingerprint density at radius 1 is 1.31 bits per heavy atom. The van der Waals surface area contributed by atoms with Crippen molar-refractivity contribution in [3.05, 3.63) is 29.6 Å². The second kappa shape index (κ2) is 3.88. The van der Waals surface area contributed by atoms with Crippen molar-refractivity contribution in [3.63, 3.8) is 0 Å². The van der Waals surface area contributed by atoms with Gasteiger partial charge in [0.15, 0.2) is 0 Å². The van der Waals surface area contributed by atoms with Crippen molar-refractivity contribution in [2.75, 3.05) is 13.1 Å². The molecule has 1 aromatic rings. The van der Waals surface area contributed by atoms with Gasteiger partial charge in [0.05, 0.1) is 0 Å². The highest BCUT2D eigenvalue weighted by Crippen LogP contribution is 2.22. The lowest BCUT2D eigenvalue weighted by atomic mass is 9.94. The number of hydrogen-bond donors (Lipinski definition) is 1. The lowest BCUT2D eigenvalue weighted by Crippen LogP contribution is -2.26. The number of pyridine rings is 1. The van der Waals surface area contributed by atoms with Gasteiger partial charge >= 0.3 is 0 Å². The molecule has 2 nitrogen and oxygen atoms in total. The van der Waals surface area contributed by atoms with Crippen molar-refractivity contribution in [2.45, 2.75) is 25.7 Å². The number of aromatic nitrogens is 1. The highest BCUT2D eigenvalue weighted by molar-refractivity contribution is 5.16. The van der Waals surface area contributed by atoms with Crippen molar-refractivity contribution < 1.29 is 0 Å².